The molecular formula is C21H25N3O. The molecule has 0 amide bonds. The van der Waals surface area contributed by atoms with Crippen molar-refractivity contribution in [3.8, 4) is 11.4 Å². The lowest BCUT2D eigenvalue weighted by atomic mass is 10.1. The van der Waals surface area contributed by atoms with E-state index < -0.39 is 0 Å². The molecule has 0 saturated carbocycles. The second-order valence-electron chi connectivity index (χ2n) is 6.25. The smallest absolute Gasteiger partial charge is 0.125 e. The number of nitrogens with one attached hydrogen (secondary N) is 1. The lowest BCUT2D eigenvalue weighted by molar-refractivity contribution is 0.195. The number of rotatable bonds is 7. The fraction of sp³-hybridized carbons (Fsp3) is 0.286. The van der Waals surface area contributed by atoms with Gasteiger partial charge in [-0.05, 0) is 51.2 Å². The van der Waals surface area contributed by atoms with Gasteiger partial charge in [-0.3, -0.25) is 0 Å². The van der Waals surface area contributed by atoms with Crippen molar-refractivity contribution < 1.29 is 4.74 Å². The van der Waals surface area contributed by atoms with Gasteiger partial charge in [0.1, 0.15) is 11.9 Å². The minimum absolute atomic E-state index is 0.0179. The van der Waals surface area contributed by atoms with E-state index in [0.29, 0.717) is 0 Å². The molecule has 25 heavy (non-hydrogen) atoms. The highest BCUT2D eigenvalue weighted by Crippen LogP contribution is 2.26. The van der Waals surface area contributed by atoms with Crippen LogP contribution in [0.3, 0.4) is 0 Å². The van der Waals surface area contributed by atoms with Gasteiger partial charge in [0.05, 0.1) is 11.4 Å². The van der Waals surface area contributed by atoms with Crippen molar-refractivity contribution in [3.63, 3.8) is 0 Å². The summed E-state index contributed by atoms with van der Waals surface area (Å²) >= 11 is 0. The van der Waals surface area contributed by atoms with E-state index in [4.69, 9.17) is 4.74 Å². The first-order chi connectivity index (χ1) is 12.2. The summed E-state index contributed by atoms with van der Waals surface area (Å²) in [6.45, 7) is 4.97. The average molecular weight is 335 g/mol. The van der Waals surface area contributed by atoms with Crippen LogP contribution >= 0.6 is 0 Å². The van der Waals surface area contributed by atoms with Gasteiger partial charge in [0.15, 0.2) is 0 Å². The van der Waals surface area contributed by atoms with Crippen LogP contribution in [-0.4, -0.2) is 23.4 Å². The Labute approximate surface area is 149 Å². The lowest BCUT2D eigenvalue weighted by Crippen LogP contribution is -2.16. The Morgan fingerprint density at radius 2 is 1.84 bits per heavy atom. The molecule has 0 aliphatic rings. The van der Waals surface area contributed by atoms with Crippen LogP contribution in [-0.2, 0) is 0 Å². The molecule has 2 aromatic carbocycles. The Kier molecular flexibility index (Phi) is 5.51. The number of hydrogen-bond acceptors (Lipinski definition) is 3. The lowest BCUT2D eigenvalue weighted by Gasteiger charge is -2.20. The second kappa shape index (κ2) is 7.99. The van der Waals surface area contributed by atoms with E-state index >= 15 is 0 Å². The van der Waals surface area contributed by atoms with Gasteiger partial charge in [0, 0.05) is 18.2 Å². The van der Waals surface area contributed by atoms with Crippen LogP contribution in [0.2, 0.25) is 0 Å². The van der Waals surface area contributed by atoms with Gasteiger partial charge in [-0.1, -0.05) is 36.4 Å². The molecule has 0 aliphatic carbocycles. The second-order valence-corrected chi connectivity index (χ2v) is 6.25. The summed E-state index contributed by atoms with van der Waals surface area (Å²) in [6.07, 6.45) is 0.925. The molecule has 0 radical (unpaired) electrons. The van der Waals surface area contributed by atoms with Gasteiger partial charge < -0.3 is 10.1 Å². The first-order valence-corrected chi connectivity index (χ1v) is 8.67. The normalized spacial score (nSPS) is 12.1. The average Bonchev–Trinajstić information content (AvgIpc) is 2.98. The van der Waals surface area contributed by atoms with Crippen LogP contribution in [0.1, 0.15) is 29.5 Å². The monoisotopic (exact) mass is 335 g/mol. The third-order valence-corrected chi connectivity index (χ3v) is 4.18. The highest BCUT2D eigenvalue weighted by atomic mass is 16.5. The molecule has 1 unspecified atom stereocenters. The fourth-order valence-corrected chi connectivity index (χ4v) is 2.98. The molecule has 0 fully saturated rings. The standard InChI is InChI=1S/C21H25N3O/c1-16-14-17(2)24(23-16)19-10-7-11-20(15-19)25-21(12-13-22-3)18-8-5-4-6-9-18/h4-11,14-15,21-22H,12-13H2,1-3H3. The number of aryl methyl sites for hydroxylation is 2. The molecule has 0 spiro atoms. The summed E-state index contributed by atoms with van der Waals surface area (Å²) < 4.78 is 8.28. The van der Waals surface area contributed by atoms with Crippen molar-refractivity contribution in [3.05, 3.63) is 77.6 Å². The number of ether oxygens (including phenoxy) is 1. The highest BCUT2D eigenvalue weighted by molar-refractivity contribution is 5.40. The molecular weight excluding hydrogens is 310 g/mol. The number of nitrogens with zero attached hydrogens (tertiary/aromatic N) is 2. The quantitative estimate of drug-likeness (QED) is 0.703. The molecule has 3 rings (SSSR count). The van der Waals surface area contributed by atoms with E-state index in [1.165, 1.54) is 5.56 Å². The van der Waals surface area contributed by atoms with E-state index in [1.54, 1.807) is 0 Å². The van der Waals surface area contributed by atoms with E-state index in [-0.39, 0.29) is 6.10 Å². The third-order valence-electron chi connectivity index (χ3n) is 4.18. The van der Waals surface area contributed by atoms with Gasteiger partial charge >= 0.3 is 0 Å². The van der Waals surface area contributed by atoms with Crippen molar-refractivity contribution in [2.45, 2.75) is 26.4 Å². The van der Waals surface area contributed by atoms with E-state index in [9.17, 15) is 0 Å². The maximum absolute atomic E-state index is 6.33. The molecule has 1 heterocycles. The first-order valence-electron chi connectivity index (χ1n) is 8.67. The van der Waals surface area contributed by atoms with Crippen LogP contribution in [0.15, 0.2) is 60.7 Å². The summed E-state index contributed by atoms with van der Waals surface area (Å²) in [7, 11) is 1.96. The SMILES string of the molecule is CNCCC(Oc1cccc(-n2nc(C)cc2C)c1)c1ccccc1. The summed E-state index contributed by atoms with van der Waals surface area (Å²) in [4.78, 5) is 0. The van der Waals surface area contributed by atoms with Crippen LogP contribution < -0.4 is 10.1 Å². The summed E-state index contributed by atoms with van der Waals surface area (Å²) in [5, 5.41) is 7.77. The van der Waals surface area contributed by atoms with Gasteiger partial charge in [-0.2, -0.15) is 5.10 Å². The van der Waals surface area contributed by atoms with Gasteiger partial charge in [-0.15, -0.1) is 0 Å². The zero-order valence-corrected chi connectivity index (χ0v) is 15.1. The minimum atomic E-state index is 0.0179. The summed E-state index contributed by atoms with van der Waals surface area (Å²) in [5.74, 6) is 0.856. The molecule has 1 aromatic heterocycles. The number of benzene rings is 2. The summed E-state index contributed by atoms with van der Waals surface area (Å²) in [5.41, 5.74) is 4.34. The largest absolute Gasteiger partial charge is 0.486 e. The molecule has 0 aliphatic heterocycles. The fourth-order valence-electron chi connectivity index (χ4n) is 2.98. The third kappa shape index (κ3) is 4.28. The maximum Gasteiger partial charge on any atom is 0.125 e. The highest BCUT2D eigenvalue weighted by Gasteiger charge is 2.13. The van der Waals surface area contributed by atoms with Gasteiger partial charge in [-0.25, -0.2) is 4.68 Å². The Bertz CT molecular complexity index is 811. The predicted octanol–water partition coefficient (Wildman–Crippen LogP) is 4.22. The van der Waals surface area contributed by atoms with Crippen LogP contribution in [0.25, 0.3) is 5.69 Å². The van der Waals surface area contributed by atoms with Crippen LogP contribution in [0, 0.1) is 13.8 Å². The zero-order chi connectivity index (χ0) is 17.6. The number of aromatic nitrogens is 2. The Balaban J connectivity index is 1.85. The first kappa shape index (κ1) is 17.2. The van der Waals surface area contributed by atoms with Crippen molar-refractivity contribution in [1.82, 2.24) is 15.1 Å². The van der Waals surface area contributed by atoms with E-state index in [0.717, 1.165) is 35.8 Å². The van der Waals surface area contributed by atoms with Gasteiger partial charge in [0.2, 0.25) is 0 Å². The Morgan fingerprint density at radius 1 is 1.04 bits per heavy atom. The van der Waals surface area contributed by atoms with Crippen LogP contribution in [0.4, 0.5) is 0 Å². The molecule has 0 saturated heterocycles. The zero-order valence-electron chi connectivity index (χ0n) is 15.1. The molecule has 3 aromatic rings. The summed E-state index contributed by atoms with van der Waals surface area (Å²) in [6, 6.07) is 20.6. The van der Waals surface area contributed by atoms with Crippen molar-refractivity contribution in [2.75, 3.05) is 13.6 Å². The predicted molar refractivity (Wildman–Crippen MR) is 101 cm³/mol. The molecule has 4 nitrogen and oxygen atoms in total. The topological polar surface area (TPSA) is 39.1 Å². The van der Waals surface area contributed by atoms with Crippen molar-refractivity contribution in [1.29, 1.82) is 0 Å². The van der Waals surface area contributed by atoms with Crippen LogP contribution in [0.5, 0.6) is 5.75 Å². The van der Waals surface area contributed by atoms with Crippen molar-refractivity contribution in [2.24, 2.45) is 0 Å². The minimum Gasteiger partial charge on any atom is -0.486 e. The molecule has 4 heteroatoms. The number of hydrogen-bond donors (Lipinski definition) is 1. The molecule has 1 atom stereocenters. The van der Waals surface area contributed by atoms with Crippen molar-refractivity contribution >= 4 is 0 Å². The Hall–Kier alpha value is -2.59. The molecule has 1 N–H and O–H groups in total. The van der Waals surface area contributed by atoms with Gasteiger partial charge in [0.25, 0.3) is 0 Å². The van der Waals surface area contributed by atoms with E-state index in [1.807, 2.05) is 36.9 Å². The molecule has 130 valence electrons. The maximum atomic E-state index is 6.33. The Morgan fingerprint density at radius 3 is 2.52 bits per heavy atom. The van der Waals surface area contributed by atoms with E-state index in [2.05, 4.69) is 59.8 Å². The molecule has 0 bridgehead atoms.